The summed E-state index contributed by atoms with van der Waals surface area (Å²) < 4.78 is 12.9. The zero-order chi connectivity index (χ0) is 25.8. The molecular weight excluding hydrogens is 468 g/mol. The molecule has 3 nitrogen and oxygen atoms in total. The second kappa shape index (κ2) is 10.5. The minimum atomic E-state index is -0.770. The molecule has 186 valence electrons. The Morgan fingerprint density at radius 3 is 1.79 bits per heavy atom. The molecule has 6 rings (SSSR count). The van der Waals surface area contributed by atoms with Crippen LogP contribution in [0.3, 0.4) is 0 Å². The monoisotopic (exact) mass is 496 g/mol. The lowest BCUT2D eigenvalue weighted by molar-refractivity contribution is 0.0147. The number of rotatable bonds is 7. The maximum atomic E-state index is 13.4. The van der Waals surface area contributed by atoms with Crippen LogP contribution in [0.15, 0.2) is 133 Å². The number of fused-ring (bicyclic) bond motifs is 2. The highest BCUT2D eigenvalue weighted by Gasteiger charge is 2.37. The van der Waals surface area contributed by atoms with Crippen LogP contribution >= 0.6 is 0 Å². The van der Waals surface area contributed by atoms with E-state index in [4.69, 9.17) is 9.47 Å². The molecule has 1 heterocycles. The number of ether oxygens (including phenoxy) is 2. The van der Waals surface area contributed by atoms with Gasteiger partial charge in [-0.25, -0.2) is 0 Å². The lowest BCUT2D eigenvalue weighted by Gasteiger charge is -2.36. The van der Waals surface area contributed by atoms with Crippen molar-refractivity contribution in [1.82, 2.24) is 0 Å². The third kappa shape index (κ3) is 4.42. The van der Waals surface area contributed by atoms with E-state index in [1.54, 1.807) is 0 Å². The van der Waals surface area contributed by atoms with E-state index in [0.29, 0.717) is 36.5 Å². The zero-order valence-electron chi connectivity index (χ0n) is 21.0. The number of hydrogen-bond donors (Lipinski definition) is 0. The van der Waals surface area contributed by atoms with Crippen molar-refractivity contribution in [1.29, 1.82) is 0 Å². The van der Waals surface area contributed by atoms with Gasteiger partial charge in [-0.15, -0.1) is 0 Å². The average Bonchev–Trinajstić information content (AvgIpc) is 3.13. The molecule has 0 aromatic heterocycles. The van der Waals surface area contributed by atoms with Crippen molar-refractivity contribution in [2.24, 2.45) is 0 Å². The SMILES string of the molecule is O=C1c2ccccc2COc2ccc(CCOC(c3ccccc3)(c3ccccc3)c3ccccc3)cc21. The van der Waals surface area contributed by atoms with Crippen LogP contribution < -0.4 is 4.74 Å². The van der Waals surface area contributed by atoms with E-state index in [0.717, 1.165) is 27.8 Å². The van der Waals surface area contributed by atoms with Crippen molar-refractivity contribution in [2.75, 3.05) is 6.61 Å². The lowest BCUT2D eigenvalue weighted by atomic mass is 9.80. The molecule has 0 atom stereocenters. The fraction of sp³-hybridized carbons (Fsp3) is 0.114. The van der Waals surface area contributed by atoms with Gasteiger partial charge in [-0.2, -0.15) is 0 Å². The molecule has 1 aliphatic rings. The first-order chi connectivity index (χ1) is 18.8. The van der Waals surface area contributed by atoms with Gasteiger partial charge in [0.05, 0.1) is 12.2 Å². The minimum Gasteiger partial charge on any atom is -0.488 e. The molecule has 0 saturated heterocycles. The Labute approximate surface area is 223 Å². The van der Waals surface area contributed by atoms with Gasteiger partial charge in [-0.05, 0) is 40.8 Å². The molecule has 0 saturated carbocycles. The highest BCUT2D eigenvalue weighted by atomic mass is 16.5. The Hall–Kier alpha value is -4.47. The summed E-state index contributed by atoms with van der Waals surface area (Å²) in [5.74, 6) is 0.631. The van der Waals surface area contributed by atoms with Crippen LogP contribution in [0.2, 0.25) is 0 Å². The quantitative estimate of drug-likeness (QED) is 0.221. The summed E-state index contributed by atoms with van der Waals surface area (Å²) in [4.78, 5) is 13.4. The smallest absolute Gasteiger partial charge is 0.197 e. The summed E-state index contributed by atoms with van der Waals surface area (Å²) in [6.45, 7) is 0.855. The van der Waals surface area contributed by atoms with Gasteiger partial charge in [0.25, 0.3) is 0 Å². The molecule has 38 heavy (non-hydrogen) atoms. The second-order valence-corrected chi connectivity index (χ2v) is 9.48. The first-order valence-corrected chi connectivity index (χ1v) is 12.9. The number of ketones is 1. The van der Waals surface area contributed by atoms with Crippen molar-refractivity contribution in [3.8, 4) is 5.75 Å². The molecule has 0 bridgehead atoms. The first kappa shape index (κ1) is 23.9. The second-order valence-electron chi connectivity index (χ2n) is 9.48. The summed E-state index contributed by atoms with van der Waals surface area (Å²) in [6, 6.07) is 44.7. The van der Waals surface area contributed by atoms with E-state index in [2.05, 4.69) is 72.8 Å². The van der Waals surface area contributed by atoms with Gasteiger partial charge in [-0.1, -0.05) is 121 Å². The molecule has 0 aliphatic carbocycles. The van der Waals surface area contributed by atoms with Crippen LogP contribution in [0.4, 0.5) is 0 Å². The van der Waals surface area contributed by atoms with E-state index in [9.17, 15) is 4.79 Å². The summed E-state index contributed by atoms with van der Waals surface area (Å²) in [6.07, 6.45) is 0.649. The number of carbonyl (C=O) groups is 1. The third-order valence-corrected chi connectivity index (χ3v) is 7.18. The van der Waals surface area contributed by atoms with E-state index in [-0.39, 0.29) is 5.78 Å². The van der Waals surface area contributed by atoms with Gasteiger partial charge in [0.1, 0.15) is 18.0 Å². The Morgan fingerprint density at radius 2 is 1.18 bits per heavy atom. The molecule has 0 amide bonds. The molecule has 0 radical (unpaired) electrons. The van der Waals surface area contributed by atoms with Gasteiger partial charge in [0.2, 0.25) is 0 Å². The average molecular weight is 497 g/mol. The summed E-state index contributed by atoms with van der Waals surface area (Å²) in [5.41, 5.74) is 5.69. The van der Waals surface area contributed by atoms with Crippen molar-refractivity contribution in [3.05, 3.63) is 172 Å². The highest BCUT2D eigenvalue weighted by Crippen LogP contribution is 2.40. The maximum absolute atomic E-state index is 13.4. The number of benzene rings is 5. The van der Waals surface area contributed by atoms with Gasteiger partial charge in [0, 0.05) is 11.1 Å². The summed E-state index contributed by atoms with van der Waals surface area (Å²) in [5, 5.41) is 0. The molecule has 0 fully saturated rings. The van der Waals surface area contributed by atoms with E-state index >= 15 is 0 Å². The molecule has 5 aromatic rings. The third-order valence-electron chi connectivity index (χ3n) is 7.18. The summed E-state index contributed by atoms with van der Waals surface area (Å²) >= 11 is 0. The van der Waals surface area contributed by atoms with Gasteiger partial charge < -0.3 is 9.47 Å². The number of carbonyl (C=O) groups excluding carboxylic acids is 1. The van der Waals surface area contributed by atoms with E-state index < -0.39 is 5.60 Å². The standard InChI is InChI=1S/C35H28O3/c36-34-31-19-11-10-12-27(31)25-37-33-21-20-26(24-32(33)34)22-23-38-35(28-13-4-1-5-14-28,29-15-6-2-7-16-29)30-17-8-3-9-18-30/h1-21,24H,22-23,25H2. The van der Waals surface area contributed by atoms with Gasteiger partial charge in [-0.3, -0.25) is 4.79 Å². The van der Waals surface area contributed by atoms with Crippen molar-refractivity contribution >= 4 is 5.78 Å². The van der Waals surface area contributed by atoms with Gasteiger partial charge >= 0.3 is 0 Å². The Kier molecular flexibility index (Phi) is 6.60. The molecule has 5 aromatic carbocycles. The topological polar surface area (TPSA) is 35.5 Å². The van der Waals surface area contributed by atoms with Crippen LogP contribution in [0.25, 0.3) is 0 Å². The number of hydrogen-bond acceptors (Lipinski definition) is 3. The predicted octanol–water partition coefficient (Wildman–Crippen LogP) is 7.36. The van der Waals surface area contributed by atoms with Gasteiger partial charge in [0.15, 0.2) is 5.78 Å². The fourth-order valence-electron chi connectivity index (χ4n) is 5.29. The van der Waals surface area contributed by atoms with Crippen molar-refractivity contribution in [3.63, 3.8) is 0 Å². The van der Waals surface area contributed by atoms with E-state index in [1.807, 2.05) is 60.7 Å². The van der Waals surface area contributed by atoms with E-state index in [1.165, 1.54) is 0 Å². The normalized spacial score (nSPS) is 12.7. The maximum Gasteiger partial charge on any atom is 0.197 e. The zero-order valence-corrected chi connectivity index (χ0v) is 21.0. The van der Waals surface area contributed by atoms with Crippen LogP contribution in [0.5, 0.6) is 5.75 Å². The minimum absolute atomic E-state index is 0.00284. The molecule has 0 spiro atoms. The molecule has 0 N–H and O–H groups in total. The van der Waals surface area contributed by atoms with Crippen LogP contribution in [-0.2, 0) is 23.4 Å². The van der Waals surface area contributed by atoms with Crippen molar-refractivity contribution in [2.45, 2.75) is 18.6 Å². The van der Waals surface area contributed by atoms with Crippen LogP contribution in [0.1, 0.15) is 43.7 Å². The molecule has 1 aliphatic heterocycles. The van der Waals surface area contributed by atoms with Crippen molar-refractivity contribution < 1.29 is 14.3 Å². The van der Waals surface area contributed by atoms with Crippen LogP contribution in [0, 0.1) is 0 Å². The first-order valence-electron chi connectivity index (χ1n) is 12.9. The molecule has 0 unspecified atom stereocenters. The van der Waals surface area contributed by atoms with Crippen LogP contribution in [-0.4, -0.2) is 12.4 Å². The molecule has 3 heteroatoms. The Morgan fingerprint density at radius 1 is 0.632 bits per heavy atom. The Bertz CT molecular complexity index is 1450. The molecular formula is C35H28O3. The highest BCUT2D eigenvalue weighted by molar-refractivity contribution is 6.12. The summed E-state index contributed by atoms with van der Waals surface area (Å²) in [7, 11) is 0. The fourth-order valence-corrected chi connectivity index (χ4v) is 5.29. The largest absolute Gasteiger partial charge is 0.488 e. The lowest BCUT2D eigenvalue weighted by Crippen LogP contribution is -2.33. The Balaban J connectivity index is 1.34. The predicted molar refractivity (Wildman–Crippen MR) is 150 cm³/mol.